The van der Waals surface area contributed by atoms with Crippen LogP contribution < -0.4 is 0 Å². The molecule has 0 bridgehead atoms. The number of pyridine rings is 1. The van der Waals surface area contributed by atoms with E-state index in [0.29, 0.717) is 5.69 Å². The average Bonchev–Trinajstić information content (AvgIpc) is 2.69. The zero-order valence-electron chi connectivity index (χ0n) is 9.23. The van der Waals surface area contributed by atoms with Crippen LogP contribution in [0, 0.1) is 0 Å². The number of fused-ring (bicyclic) bond motifs is 1. The molecule has 82 valence electrons. The first kappa shape index (κ1) is 10.4. The second kappa shape index (κ2) is 3.81. The van der Waals surface area contributed by atoms with E-state index in [1.54, 1.807) is 12.1 Å². The minimum atomic E-state index is -0.439. The summed E-state index contributed by atoms with van der Waals surface area (Å²) in [6.45, 7) is 3.73. The summed E-state index contributed by atoms with van der Waals surface area (Å²) in [7, 11) is 3.22. The number of rotatable bonds is 2. The first-order chi connectivity index (χ1) is 7.67. The van der Waals surface area contributed by atoms with Crippen molar-refractivity contribution >= 4 is 23.1 Å². The van der Waals surface area contributed by atoms with Gasteiger partial charge in [0.1, 0.15) is 5.65 Å². The molecule has 0 N–H and O–H groups in total. The van der Waals surface area contributed by atoms with Crippen molar-refractivity contribution in [3.8, 4) is 0 Å². The van der Waals surface area contributed by atoms with Crippen LogP contribution in [0.4, 0.5) is 0 Å². The van der Waals surface area contributed by atoms with Crippen LogP contribution in [0.15, 0.2) is 24.9 Å². The number of carbonyl (C=O) groups is 1. The molecule has 0 aliphatic heterocycles. The standard InChI is InChI=1S/C12H12N2O2/c1-4-8-7-10(12(15)16-3)13-11-9(8)5-6-14(11)2/h4-7H,1H2,2-3H3. The predicted octanol–water partition coefficient (Wildman–Crippen LogP) is 2.00. The Bertz CT molecular complexity index is 570. The maximum atomic E-state index is 11.4. The molecule has 0 fully saturated rings. The van der Waals surface area contributed by atoms with Gasteiger partial charge in [0, 0.05) is 18.6 Å². The van der Waals surface area contributed by atoms with Crippen molar-refractivity contribution in [2.45, 2.75) is 0 Å². The molecule has 0 radical (unpaired) electrons. The van der Waals surface area contributed by atoms with Crippen molar-refractivity contribution in [1.82, 2.24) is 9.55 Å². The van der Waals surface area contributed by atoms with E-state index in [-0.39, 0.29) is 0 Å². The summed E-state index contributed by atoms with van der Waals surface area (Å²) < 4.78 is 6.51. The summed E-state index contributed by atoms with van der Waals surface area (Å²) in [5.41, 5.74) is 1.93. The molecule has 0 spiro atoms. The predicted molar refractivity (Wildman–Crippen MR) is 62.1 cm³/mol. The number of nitrogens with zero attached hydrogens (tertiary/aromatic N) is 2. The zero-order chi connectivity index (χ0) is 11.7. The van der Waals surface area contributed by atoms with E-state index in [4.69, 9.17) is 0 Å². The highest BCUT2D eigenvalue weighted by Gasteiger charge is 2.12. The normalized spacial score (nSPS) is 10.4. The summed E-state index contributed by atoms with van der Waals surface area (Å²) in [6, 6.07) is 3.63. The number of hydrogen-bond acceptors (Lipinski definition) is 3. The molecule has 0 saturated carbocycles. The summed E-state index contributed by atoms with van der Waals surface area (Å²) in [4.78, 5) is 15.7. The van der Waals surface area contributed by atoms with Crippen LogP contribution in [0.2, 0.25) is 0 Å². The largest absolute Gasteiger partial charge is 0.464 e. The second-order valence-corrected chi connectivity index (χ2v) is 3.46. The Hall–Kier alpha value is -2.10. The van der Waals surface area contributed by atoms with Crippen molar-refractivity contribution in [2.24, 2.45) is 7.05 Å². The number of aromatic nitrogens is 2. The van der Waals surface area contributed by atoms with E-state index >= 15 is 0 Å². The van der Waals surface area contributed by atoms with E-state index in [1.165, 1.54) is 7.11 Å². The van der Waals surface area contributed by atoms with Gasteiger partial charge in [0.15, 0.2) is 5.69 Å². The van der Waals surface area contributed by atoms with Gasteiger partial charge in [-0.2, -0.15) is 0 Å². The lowest BCUT2D eigenvalue weighted by molar-refractivity contribution is 0.0594. The first-order valence-electron chi connectivity index (χ1n) is 4.84. The summed E-state index contributed by atoms with van der Waals surface area (Å²) >= 11 is 0. The highest BCUT2D eigenvalue weighted by molar-refractivity contribution is 5.94. The van der Waals surface area contributed by atoms with Gasteiger partial charge in [-0.1, -0.05) is 12.7 Å². The Morgan fingerprint density at radius 2 is 2.38 bits per heavy atom. The molecule has 2 aromatic rings. The molecule has 2 heterocycles. The maximum Gasteiger partial charge on any atom is 0.356 e. The zero-order valence-corrected chi connectivity index (χ0v) is 9.23. The van der Waals surface area contributed by atoms with Gasteiger partial charge < -0.3 is 9.30 Å². The van der Waals surface area contributed by atoms with Gasteiger partial charge in [0.05, 0.1) is 7.11 Å². The van der Waals surface area contributed by atoms with Crippen molar-refractivity contribution < 1.29 is 9.53 Å². The summed E-state index contributed by atoms with van der Waals surface area (Å²) in [5.74, 6) is -0.439. The minimum absolute atomic E-state index is 0.298. The van der Waals surface area contributed by atoms with Crippen LogP contribution in [-0.2, 0) is 11.8 Å². The van der Waals surface area contributed by atoms with Crippen LogP contribution in [0.25, 0.3) is 17.1 Å². The monoisotopic (exact) mass is 216 g/mol. The molecule has 0 atom stereocenters. The highest BCUT2D eigenvalue weighted by Crippen LogP contribution is 2.20. The van der Waals surface area contributed by atoms with Crippen LogP contribution >= 0.6 is 0 Å². The summed E-state index contributed by atoms with van der Waals surface area (Å²) in [5, 5.41) is 0.977. The molecule has 0 saturated heterocycles. The van der Waals surface area contributed by atoms with Crippen LogP contribution in [0.5, 0.6) is 0 Å². The van der Waals surface area contributed by atoms with Gasteiger partial charge in [-0.25, -0.2) is 9.78 Å². The van der Waals surface area contributed by atoms with E-state index in [9.17, 15) is 4.79 Å². The summed E-state index contributed by atoms with van der Waals surface area (Å²) in [6.07, 6.45) is 3.60. The number of hydrogen-bond donors (Lipinski definition) is 0. The fraction of sp³-hybridized carbons (Fsp3) is 0.167. The molecule has 16 heavy (non-hydrogen) atoms. The van der Waals surface area contributed by atoms with Gasteiger partial charge in [-0.05, 0) is 17.7 Å². The number of methoxy groups -OCH3 is 1. The first-order valence-corrected chi connectivity index (χ1v) is 4.84. The van der Waals surface area contributed by atoms with Crippen molar-refractivity contribution in [2.75, 3.05) is 7.11 Å². The van der Waals surface area contributed by atoms with E-state index in [2.05, 4.69) is 16.3 Å². The number of ether oxygens (including phenoxy) is 1. The van der Waals surface area contributed by atoms with Gasteiger partial charge in [-0.3, -0.25) is 0 Å². The van der Waals surface area contributed by atoms with Gasteiger partial charge in [-0.15, -0.1) is 0 Å². The van der Waals surface area contributed by atoms with Crippen molar-refractivity contribution in [3.63, 3.8) is 0 Å². The van der Waals surface area contributed by atoms with Crippen molar-refractivity contribution in [1.29, 1.82) is 0 Å². The molecule has 0 amide bonds. The fourth-order valence-electron chi connectivity index (χ4n) is 1.64. The number of aryl methyl sites for hydroxylation is 1. The molecule has 2 aromatic heterocycles. The average molecular weight is 216 g/mol. The molecule has 2 rings (SSSR count). The van der Waals surface area contributed by atoms with Crippen LogP contribution in [-0.4, -0.2) is 22.6 Å². The minimum Gasteiger partial charge on any atom is -0.464 e. The van der Waals surface area contributed by atoms with Crippen LogP contribution in [0.1, 0.15) is 16.1 Å². The van der Waals surface area contributed by atoms with E-state index in [1.807, 2.05) is 23.9 Å². The third-order valence-electron chi connectivity index (χ3n) is 2.48. The molecule has 4 heteroatoms. The molecular formula is C12H12N2O2. The molecule has 0 aromatic carbocycles. The Morgan fingerprint density at radius 1 is 1.62 bits per heavy atom. The lowest BCUT2D eigenvalue weighted by Crippen LogP contribution is -2.05. The van der Waals surface area contributed by atoms with E-state index in [0.717, 1.165) is 16.6 Å². The Morgan fingerprint density at radius 3 is 3.00 bits per heavy atom. The lowest BCUT2D eigenvalue weighted by atomic mass is 10.1. The van der Waals surface area contributed by atoms with Crippen molar-refractivity contribution in [3.05, 3.63) is 36.2 Å². The highest BCUT2D eigenvalue weighted by atomic mass is 16.5. The second-order valence-electron chi connectivity index (χ2n) is 3.46. The number of esters is 1. The third kappa shape index (κ3) is 1.48. The van der Waals surface area contributed by atoms with Gasteiger partial charge in [0.25, 0.3) is 0 Å². The third-order valence-corrected chi connectivity index (χ3v) is 2.48. The lowest BCUT2D eigenvalue weighted by Gasteiger charge is -2.03. The maximum absolute atomic E-state index is 11.4. The Balaban J connectivity index is 2.75. The molecule has 0 aliphatic rings. The smallest absolute Gasteiger partial charge is 0.356 e. The Labute approximate surface area is 93.2 Å². The fourth-order valence-corrected chi connectivity index (χ4v) is 1.64. The molecule has 0 unspecified atom stereocenters. The quantitative estimate of drug-likeness (QED) is 0.721. The topological polar surface area (TPSA) is 44.1 Å². The van der Waals surface area contributed by atoms with Gasteiger partial charge in [0.2, 0.25) is 0 Å². The SMILES string of the molecule is C=Cc1cc(C(=O)OC)nc2c1ccn2C. The molecule has 0 aliphatic carbocycles. The Kier molecular flexibility index (Phi) is 2.48. The molecule has 4 nitrogen and oxygen atoms in total. The van der Waals surface area contributed by atoms with Gasteiger partial charge >= 0.3 is 5.97 Å². The number of carbonyl (C=O) groups excluding carboxylic acids is 1. The molecular weight excluding hydrogens is 204 g/mol. The van der Waals surface area contributed by atoms with E-state index < -0.39 is 5.97 Å². The van der Waals surface area contributed by atoms with Crippen LogP contribution in [0.3, 0.4) is 0 Å².